The lowest BCUT2D eigenvalue weighted by atomic mass is 10.0. The highest BCUT2D eigenvalue weighted by Crippen LogP contribution is 2.16. The van der Waals surface area contributed by atoms with Gasteiger partial charge in [-0.2, -0.15) is 0 Å². The van der Waals surface area contributed by atoms with Crippen molar-refractivity contribution in [2.24, 2.45) is 0 Å². The first-order chi connectivity index (χ1) is 37.0. The Morgan fingerprint density at radius 3 is 0.893 bits per heavy atom. The number of ether oxygens (including phenoxy) is 3. The van der Waals surface area contributed by atoms with Crippen LogP contribution >= 0.6 is 0 Å². The van der Waals surface area contributed by atoms with Crippen LogP contribution in [-0.4, -0.2) is 37.2 Å². The topological polar surface area (TPSA) is 78.9 Å². The van der Waals surface area contributed by atoms with Crippen LogP contribution in [0.15, 0.2) is 134 Å². The lowest BCUT2D eigenvalue weighted by Crippen LogP contribution is -2.30. The Balaban J connectivity index is 4.55. The first kappa shape index (κ1) is 70.5. The van der Waals surface area contributed by atoms with Crippen LogP contribution in [0.2, 0.25) is 0 Å². The average molecular weight is 1040 g/mol. The van der Waals surface area contributed by atoms with Gasteiger partial charge < -0.3 is 14.2 Å². The van der Waals surface area contributed by atoms with Crippen molar-refractivity contribution in [2.45, 2.75) is 271 Å². The number of allylic oxidation sites excluding steroid dienone is 22. The highest BCUT2D eigenvalue weighted by Gasteiger charge is 2.19. The molecule has 0 aromatic carbocycles. The average Bonchev–Trinajstić information content (AvgIpc) is 3.41. The minimum atomic E-state index is -0.827. The number of rotatable bonds is 54. The van der Waals surface area contributed by atoms with Gasteiger partial charge in [0.1, 0.15) is 13.2 Å². The zero-order valence-electron chi connectivity index (χ0n) is 48.5. The van der Waals surface area contributed by atoms with E-state index in [4.69, 9.17) is 14.2 Å². The predicted octanol–water partition coefficient (Wildman–Crippen LogP) is 21.0. The fraction of sp³-hybridized carbons (Fsp3) is 0.638. The van der Waals surface area contributed by atoms with E-state index in [1.165, 1.54) is 103 Å². The van der Waals surface area contributed by atoms with E-state index in [1.807, 2.05) is 6.08 Å². The summed E-state index contributed by atoms with van der Waals surface area (Å²) in [7, 11) is 0. The third-order valence-corrected chi connectivity index (χ3v) is 12.7. The van der Waals surface area contributed by atoms with Crippen LogP contribution < -0.4 is 0 Å². The lowest BCUT2D eigenvalue weighted by Gasteiger charge is -2.18. The molecule has 0 heterocycles. The van der Waals surface area contributed by atoms with E-state index >= 15 is 0 Å². The van der Waals surface area contributed by atoms with Crippen LogP contribution in [0.5, 0.6) is 0 Å². The SMILES string of the molecule is CC/C=C\C/C=C\C/C=C\C/C=C\C/C=C\C/C=C\CCC(=O)OC[C@H](COC(=O)CCCCC/C=C\C/C=C\C/C=C\C/C=C\C/C=C\CC)OC(=O)CCCCCCCCCCCCCCCCCCCCC. The highest BCUT2D eigenvalue weighted by molar-refractivity contribution is 5.71. The van der Waals surface area contributed by atoms with Crippen molar-refractivity contribution in [2.75, 3.05) is 13.2 Å². The van der Waals surface area contributed by atoms with Crippen molar-refractivity contribution in [1.29, 1.82) is 0 Å². The number of carbonyl (C=O) groups excluding carboxylic acids is 3. The molecule has 6 nitrogen and oxygen atoms in total. The normalized spacial score (nSPS) is 13.1. The summed E-state index contributed by atoms with van der Waals surface area (Å²) in [6, 6.07) is 0. The molecule has 0 unspecified atom stereocenters. The summed E-state index contributed by atoms with van der Waals surface area (Å²) in [5, 5.41) is 0. The molecule has 0 aromatic rings. The van der Waals surface area contributed by atoms with Gasteiger partial charge >= 0.3 is 17.9 Å². The van der Waals surface area contributed by atoms with Gasteiger partial charge in [-0.25, -0.2) is 0 Å². The second-order valence-electron chi connectivity index (χ2n) is 19.9. The van der Waals surface area contributed by atoms with Gasteiger partial charge in [-0.3, -0.25) is 14.4 Å². The molecular formula is C69H112O6. The summed E-state index contributed by atoms with van der Waals surface area (Å²) in [6.07, 6.45) is 87.5. The summed E-state index contributed by atoms with van der Waals surface area (Å²) < 4.78 is 16.8. The summed E-state index contributed by atoms with van der Waals surface area (Å²) in [5.41, 5.74) is 0. The maximum atomic E-state index is 12.9. The van der Waals surface area contributed by atoms with E-state index in [1.54, 1.807) is 0 Å². The monoisotopic (exact) mass is 1040 g/mol. The number of unbranched alkanes of at least 4 members (excludes halogenated alkanes) is 21. The maximum Gasteiger partial charge on any atom is 0.306 e. The van der Waals surface area contributed by atoms with Gasteiger partial charge in [0.2, 0.25) is 0 Å². The molecule has 6 heteroatoms. The first-order valence-electron chi connectivity index (χ1n) is 30.7. The smallest absolute Gasteiger partial charge is 0.306 e. The quantitative estimate of drug-likeness (QED) is 0.0261. The molecule has 0 aliphatic heterocycles. The van der Waals surface area contributed by atoms with Crippen LogP contribution in [0.1, 0.15) is 265 Å². The fourth-order valence-electron chi connectivity index (χ4n) is 8.14. The minimum Gasteiger partial charge on any atom is -0.462 e. The Hall–Kier alpha value is -4.45. The number of carbonyl (C=O) groups is 3. The second kappa shape index (κ2) is 62.1. The Morgan fingerprint density at radius 1 is 0.280 bits per heavy atom. The number of esters is 3. The van der Waals surface area contributed by atoms with Gasteiger partial charge in [0.15, 0.2) is 6.10 Å². The van der Waals surface area contributed by atoms with Gasteiger partial charge in [-0.1, -0.05) is 276 Å². The highest BCUT2D eigenvalue weighted by atomic mass is 16.6. The minimum absolute atomic E-state index is 0.121. The van der Waals surface area contributed by atoms with E-state index in [9.17, 15) is 14.4 Å². The molecule has 0 saturated heterocycles. The molecule has 0 bridgehead atoms. The molecule has 0 N–H and O–H groups in total. The maximum absolute atomic E-state index is 12.9. The molecule has 0 amide bonds. The van der Waals surface area contributed by atoms with E-state index in [0.29, 0.717) is 19.3 Å². The van der Waals surface area contributed by atoms with Crippen LogP contribution in [0.25, 0.3) is 0 Å². The standard InChI is InChI=1S/C69H112O6/c1-4-7-10-13-16-19-22-25-28-31-34-37-40-43-46-49-52-55-58-61-67(70)73-64-66(75-69(72)63-60-57-54-51-48-45-42-39-36-33-30-27-24-21-18-15-12-9-6-3)65-74-68(71)62-59-56-53-50-47-44-41-38-35-32-29-26-23-20-17-14-11-8-5-2/h7-8,10-11,16-17,19-20,25-26,28-29,34-35,37-38,43-44,46-47,52,55,66H,4-6,9,12-15,18,21-24,27,30-33,36,39-42,45,48-51,53-54,56-65H2,1-3H3/b10-7-,11-8-,19-16-,20-17-,28-25-,29-26-,37-34-,38-35-,46-43-,47-44-,55-52-/t66-/m1/s1. The van der Waals surface area contributed by atoms with E-state index < -0.39 is 6.10 Å². The van der Waals surface area contributed by atoms with Crippen LogP contribution in [0.4, 0.5) is 0 Å². The Kier molecular flexibility index (Phi) is 58.4. The van der Waals surface area contributed by atoms with Gasteiger partial charge in [0, 0.05) is 19.3 Å². The predicted molar refractivity (Wildman–Crippen MR) is 325 cm³/mol. The van der Waals surface area contributed by atoms with Crippen LogP contribution in [-0.2, 0) is 28.6 Å². The van der Waals surface area contributed by atoms with Gasteiger partial charge in [-0.15, -0.1) is 0 Å². The van der Waals surface area contributed by atoms with Crippen molar-refractivity contribution < 1.29 is 28.6 Å². The summed E-state index contributed by atoms with van der Waals surface area (Å²) >= 11 is 0. The van der Waals surface area contributed by atoms with Crippen molar-refractivity contribution in [3.05, 3.63) is 134 Å². The van der Waals surface area contributed by atoms with Crippen molar-refractivity contribution in [1.82, 2.24) is 0 Å². The third kappa shape index (κ3) is 60.3. The molecular weight excluding hydrogens is 925 g/mol. The zero-order chi connectivity index (χ0) is 54.3. The largest absolute Gasteiger partial charge is 0.462 e. The number of hydrogen-bond acceptors (Lipinski definition) is 6. The van der Waals surface area contributed by atoms with Crippen molar-refractivity contribution in [3.63, 3.8) is 0 Å². The van der Waals surface area contributed by atoms with Crippen molar-refractivity contribution in [3.8, 4) is 0 Å². The van der Waals surface area contributed by atoms with Gasteiger partial charge in [0.25, 0.3) is 0 Å². The lowest BCUT2D eigenvalue weighted by molar-refractivity contribution is -0.166. The molecule has 0 radical (unpaired) electrons. The summed E-state index contributed by atoms with van der Waals surface area (Å²) in [5.74, 6) is -1.03. The third-order valence-electron chi connectivity index (χ3n) is 12.7. The fourth-order valence-corrected chi connectivity index (χ4v) is 8.14. The Morgan fingerprint density at radius 2 is 0.547 bits per heavy atom. The molecule has 0 fully saturated rings. The van der Waals surface area contributed by atoms with E-state index in [2.05, 4.69) is 148 Å². The van der Waals surface area contributed by atoms with Crippen molar-refractivity contribution >= 4 is 17.9 Å². The Bertz CT molecular complexity index is 1620. The molecule has 0 aliphatic rings. The Labute approximate surface area is 462 Å². The van der Waals surface area contributed by atoms with Crippen LogP contribution in [0, 0.1) is 0 Å². The molecule has 0 saturated carbocycles. The molecule has 0 aliphatic carbocycles. The van der Waals surface area contributed by atoms with E-state index in [-0.39, 0.29) is 37.5 Å². The molecule has 0 aromatic heterocycles. The van der Waals surface area contributed by atoms with Crippen LogP contribution in [0.3, 0.4) is 0 Å². The first-order valence-corrected chi connectivity index (χ1v) is 30.7. The molecule has 75 heavy (non-hydrogen) atoms. The van der Waals surface area contributed by atoms with Gasteiger partial charge in [0.05, 0.1) is 0 Å². The molecule has 0 spiro atoms. The van der Waals surface area contributed by atoms with Gasteiger partial charge in [-0.05, 0) is 103 Å². The second-order valence-corrected chi connectivity index (χ2v) is 19.9. The molecule has 1 atom stereocenters. The number of hydrogen-bond donors (Lipinski definition) is 0. The molecule has 424 valence electrons. The summed E-state index contributed by atoms with van der Waals surface area (Å²) in [6.45, 7) is 6.33. The zero-order valence-corrected chi connectivity index (χ0v) is 48.5. The van der Waals surface area contributed by atoms with E-state index in [0.717, 1.165) is 116 Å². The molecule has 0 rings (SSSR count). The summed E-state index contributed by atoms with van der Waals surface area (Å²) in [4.78, 5) is 38.3.